The molecule has 1 aromatic carbocycles. The molecule has 1 fully saturated rings. The molecule has 1 aliphatic heterocycles. The van der Waals surface area contributed by atoms with Crippen LogP contribution < -0.4 is 16.1 Å². The molecule has 0 spiro atoms. The van der Waals surface area contributed by atoms with Gasteiger partial charge in [-0.25, -0.2) is 4.79 Å². The van der Waals surface area contributed by atoms with Gasteiger partial charge in [0.2, 0.25) is 5.95 Å². The highest BCUT2D eigenvalue weighted by Crippen LogP contribution is 2.24. The molecule has 0 saturated carbocycles. The molecule has 0 atom stereocenters. The number of benzene rings is 1. The standard InChI is InChI=1S/C19H23ClN6O2/c1-22-8-10-25(11-9-22)18-21-16-15(17(27)24(3)19(28)23(16)2)26(18)12-13-6-4-5-7-14(13)20/h4-7H,8-12H2,1-3H3. The number of nitrogens with zero attached hydrogens (tertiary/aromatic N) is 6. The van der Waals surface area contributed by atoms with Gasteiger partial charge in [-0.2, -0.15) is 4.98 Å². The second-order valence-electron chi connectivity index (χ2n) is 7.26. The van der Waals surface area contributed by atoms with E-state index in [-0.39, 0.29) is 11.2 Å². The summed E-state index contributed by atoms with van der Waals surface area (Å²) in [4.78, 5) is 34.5. The lowest BCUT2D eigenvalue weighted by atomic mass is 10.2. The predicted octanol–water partition coefficient (Wildman–Crippen LogP) is 0.887. The topological polar surface area (TPSA) is 68.3 Å². The van der Waals surface area contributed by atoms with E-state index in [1.165, 1.54) is 11.6 Å². The lowest BCUT2D eigenvalue weighted by molar-refractivity contribution is 0.310. The minimum absolute atomic E-state index is 0.349. The molecular weight excluding hydrogens is 380 g/mol. The molecule has 28 heavy (non-hydrogen) atoms. The number of aryl methyl sites for hydroxylation is 1. The van der Waals surface area contributed by atoms with E-state index >= 15 is 0 Å². The summed E-state index contributed by atoms with van der Waals surface area (Å²) in [7, 11) is 5.22. The van der Waals surface area contributed by atoms with Gasteiger partial charge in [0.25, 0.3) is 5.56 Å². The Hall–Kier alpha value is -2.58. The summed E-state index contributed by atoms with van der Waals surface area (Å²) in [6.45, 7) is 3.83. The Labute approximate surface area is 167 Å². The third-order valence-electron chi connectivity index (χ3n) is 5.40. The summed E-state index contributed by atoms with van der Waals surface area (Å²) in [5, 5.41) is 0.635. The number of likely N-dealkylation sites (N-methyl/N-ethyl adjacent to an activating group) is 1. The molecule has 0 unspecified atom stereocenters. The first-order chi connectivity index (χ1) is 13.4. The van der Waals surface area contributed by atoms with Crippen molar-refractivity contribution in [3.8, 4) is 0 Å². The molecule has 0 aliphatic carbocycles. The van der Waals surface area contributed by atoms with Crippen LogP contribution >= 0.6 is 11.6 Å². The average molecular weight is 403 g/mol. The Kier molecular flexibility index (Phi) is 4.76. The van der Waals surface area contributed by atoms with Gasteiger partial charge in [-0.05, 0) is 18.7 Å². The van der Waals surface area contributed by atoms with E-state index < -0.39 is 0 Å². The first-order valence-corrected chi connectivity index (χ1v) is 9.59. The normalized spacial score (nSPS) is 15.5. The van der Waals surface area contributed by atoms with Gasteiger partial charge in [-0.15, -0.1) is 0 Å². The fraction of sp³-hybridized carbons (Fsp3) is 0.421. The van der Waals surface area contributed by atoms with Crippen LogP contribution in [0.25, 0.3) is 11.2 Å². The van der Waals surface area contributed by atoms with Crippen molar-refractivity contribution in [1.29, 1.82) is 0 Å². The van der Waals surface area contributed by atoms with Crippen LogP contribution in [0.3, 0.4) is 0 Å². The van der Waals surface area contributed by atoms with Crippen LogP contribution in [-0.2, 0) is 20.6 Å². The second kappa shape index (κ2) is 7.10. The lowest BCUT2D eigenvalue weighted by Crippen LogP contribution is -2.45. The summed E-state index contributed by atoms with van der Waals surface area (Å²) < 4.78 is 4.45. The number of hydrogen-bond donors (Lipinski definition) is 0. The van der Waals surface area contributed by atoms with Crippen molar-refractivity contribution in [1.82, 2.24) is 23.6 Å². The minimum Gasteiger partial charge on any atom is -0.340 e. The number of piperazine rings is 1. The Morgan fingerprint density at radius 2 is 1.68 bits per heavy atom. The molecule has 3 aromatic rings. The van der Waals surface area contributed by atoms with Gasteiger partial charge in [0.1, 0.15) is 0 Å². The molecule has 0 N–H and O–H groups in total. The van der Waals surface area contributed by atoms with E-state index in [0.717, 1.165) is 36.3 Å². The third-order valence-corrected chi connectivity index (χ3v) is 5.77. The molecule has 3 heterocycles. The molecule has 1 saturated heterocycles. The van der Waals surface area contributed by atoms with Gasteiger partial charge in [0, 0.05) is 45.3 Å². The number of fused-ring (bicyclic) bond motifs is 1. The first kappa shape index (κ1) is 18.8. The highest BCUT2D eigenvalue weighted by Gasteiger charge is 2.25. The maximum absolute atomic E-state index is 13.0. The van der Waals surface area contributed by atoms with E-state index in [1.54, 1.807) is 7.05 Å². The van der Waals surface area contributed by atoms with Crippen LogP contribution in [0, 0.1) is 0 Å². The first-order valence-electron chi connectivity index (χ1n) is 9.21. The third kappa shape index (κ3) is 3.02. The number of hydrogen-bond acceptors (Lipinski definition) is 5. The van der Waals surface area contributed by atoms with E-state index in [9.17, 15) is 9.59 Å². The Morgan fingerprint density at radius 3 is 2.36 bits per heavy atom. The lowest BCUT2D eigenvalue weighted by Gasteiger charge is -2.33. The molecule has 4 rings (SSSR count). The summed E-state index contributed by atoms with van der Waals surface area (Å²) in [6, 6.07) is 7.57. The summed E-state index contributed by atoms with van der Waals surface area (Å²) in [5.74, 6) is 0.696. The monoisotopic (exact) mass is 402 g/mol. The van der Waals surface area contributed by atoms with Gasteiger partial charge in [0.15, 0.2) is 11.2 Å². The maximum atomic E-state index is 13.0. The van der Waals surface area contributed by atoms with Crippen LogP contribution in [0.15, 0.2) is 33.9 Å². The molecule has 9 heteroatoms. The van der Waals surface area contributed by atoms with Crippen molar-refractivity contribution >= 4 is 28.7 Å². The summed E-state index contributed by atoms with van der Waals surface area (Å²) in [6.07, 6.45) is 0. The van der Waals surface area contributed by atoms with Gasteiger partial charge in [-0.1, -0.05) is 29.8 Å². The van der Waals surface area contributed by atoms with E-state index in [1.807, 2.05) is 28.8 Å². The zero-order chi connectivity index (χ0) is 20.0. The number of anilines is 1. The number of rotatable bonds is 3. The molecule has 1 aliphatic rings. The molecule has 0 bridgehead atoms. The van der Waals surface area contributed by atoms with Gasteiger partial charge < -0.3 is 9.80 Å². The number of aromatic nitrogens is 4. The Morgan fingerprint density at radius 1 is 1.00 bits per heavy atom. The van der Waals surface area contributed by atoms with Gasteiger partial charge in [-0.3, -0.25) is 18.5 Å². The smallest absolute Gasteiger partial charge is 0.332 e. The molecule has 0 radical (unpaired) electrons. The van der Waals surface area contributed by atoms with E-state index in [0.29, 0.717) is 28.7 Å². The van der Waals surface area contributed by atoms with Gasteiger partial charge >= 0.3 is 5.69 Å². The number of imidazole rings is 1. The zero-order valence-electron chi connectivity index (χ0n) is 16.2. The van der Waals surface area contributed by atoms with Crippen LogP contribution in [-0.4, -0.2) is 56.8 Å². The van der Waals surface area contributed by atoms with Crippen molar-refractivity contribution in [3.05, 3.63) is 55.7 Å². The van der Waals surface area contributed by atoms with Crippen LogP contribution in [0.4, 0.5) is 5.95 Å². The van der Waals surface area contributed by atoms with Crippen LogP contribution in [0.5, 0.6) is 0 Å². The molecule has 2 aromatic heterocycles. The highest BCUT2D eigenvalue weighted by atomic mass is 35.5. The van der Waals surface area contributed by atoms with E-state index in [4.69, 9.17) is 16.6 Å². The Balaban J connectivity index is 1.96. The zero-order valence-corrected chi connectivity index (χ0v) is 17.0. The molecular formula is C19H23ClN6O2. The van der Waals surface area contributed by atoms with Crippen molar-refractivity contribution in [2.24, 2.45) is 14.1 Å². The minimum atomic E-state index is -0.384. The van der Waals surface area contributed by atoms with Crippen LogP contribution in [0.2, 0.25) is 5.02 Å². The Bertz CT molecular complexity index is 1150. The SMILES string of the molecule is CN1CCN(c2nc3c(c(=O)n(C)c(=O)n3C)n2Cc2ccccc2Cl)CC1. The van der Waals surface area contributed by atoms with Crippen molar-refractivity contribution < 1.29 is 0 Å². The van der Waals surface area contributed by atoms with Crippen molar-refractivity contribution in [2.75, 3.05) is 38.1 Å². The molecule has 148 valence electrons. The predicted molar refractivity (Wildman–Crippen MR) is 110 cm³/mol. The van der Waals surface area contributed by atoms with Crippen molar-refractivity contribution in [2.45, 2.75) is 6.54 Å². The fourth-order valence-corrected chi connectivity index (χ4v) is 3.83. The van der Waals surface area contributed by atoms with Gasteiger partial charge in [0.05, 0.1) is 6.54 Å². The van der Waals surface area contributed by atoms with E-state index in [2.05, 4.69) is 16.8 Å². The summed E-state index contributed by atoms with van der Waals surface area (Å²) >= 11 is 6.38. The highest BCUT2D eigenvalue weighted by molar-refractivity contribution is 6.31. The average Bonchev–Trinajstić information content (AvgIpc) is 3.06. The number of halogens is 1. The fourth-order valence-electron chi connectivity index (χ4n) is 3.63. The second-order valence-corrected chi connectivity index (χ2v) is 7.66. The molecule has 0 amide bonds. The maximum Gasteiger partial charge on any atom is 0.332 e. The van der Waals surface area contributed by atoms with Crippen LogP contribution in [0.1, 0.15) is 5.56 Å². The quantitative estimate of drug-likeness (QED) is 0.650. The largest absolute Gasteiger partial charge is 0.340 e. The van der Waals surface area contributed by atoms with Crippen molar-refractivity contribution in [3.63, 3.8) is 0 Å². The molecule has 8 nitrogen and oxygen atoms in total. The summed E-state index contributed by atoms with van der Waals surface area (Å²) in [5.41, 5.74) is 0.977.